The van der Waals surface area contributed by atoms with Gasteiger partial charge < -0.3 is 24.6 Å². The third kappa shape index (κ3) is 3.84. The van der Waals surface area contributed by atoms with E-state index in [4.69, 9.17) is 9.47 Å². The van der Waals surface area contributed by atoms with Crippen molar-refractivity contribution in [3.63, 3.8) is 0 Å². The summed E-state index contributed by atoms with van der Waals surface area (Å²) in [5.41, 5.74) is 0.422. The molecular weight excluding hydrogens is 304 g/mol. The molecule has 2 heterocycles. The number of carbonyl (C=O) groups excluding carboxylic acids is 2. The molecule has 1 aromatic rings. The van der Waals surface area contributed by atoms with Gasteiger partial charge in [-0.2, -0.15) is 4.57 Å². The predicted octanol–water partition coefficient (Wildman–Crippen LogP) is -1.14. The fourth-order valence-corrected chi connectivity index (χ4v) is 2.35. The SMILES string of the molecule is CC(=O)OC[C@H]1O[C@@H]([n+]2cccc(C(=O)N(C)C)c2)[C@H](O)[C@@H]1O. The molecule has 1 aliphatic rings. The summed E-state index contributed by atoms with van der Waals surface area (Å²) >= 11 is 0. The topological polar surface area (TPSA) is 100 Å². The molecule has 0 saturated carbocycles. The van der Waals surface area contributed by atoms with Crippen LogP contribution in [-0.4, -0.2) is 66.0 Å². The monoisotopic (exact) mass is 325 g/mol. The lowest BCUT2D eigenvalue weighted by atomic mass is 10.1. The second kappa shape index (κ2) is 7.03. The minimum absolute atomic E-state index is 0.152. The van der Waals surface area contributed by atoms with Crippen LogP contribution in [-0.2, 0) is 14.3 Å². The van der Waals surface area contributed by atoms with Crippen LogP contribution in [0.2, 0.25) is 0 Å². The first kappa shape index (κ1) is 17.3. The molecule has 1 saturated heterocycles. The van der Waals surface area contributed by atoms with E-state index in [0.717, 1.165) is 0 Å². The minimum atomic E-state index is -1.20. The van der Waals surface area contributed by atoms with Gasteiger partial charge in [0.1, 0.15) is 24.4 Å². The van der Waals surface area contributed by atoms with Gasteiger partial charge in [-0.15, -0.1) is 0 Å². The van der Waals surface area contributed by atoms with Crippen LogP contribution < -0.4 is 4.57 Å². The first-order valence-corrected chi connectivity index (χ1v) is 7.18. The highest BCUT2D eigenvalue weighted by molar-refractivity contribution is 5.93. The largest absolute Gasteiger partial charge is 0.463 e. The number of amides is 1. The summed E-state index contributed by atoms with van der Waals surface area (Å²) in [5.74, 6) is -0.686. The molecule has 1 fully saturated rings. The van der Waals surface area contributed by atoms with E-state index in [2.05, 4.69) is 0 Å². The fraction of sp³-hybridized carbons (Fsp3) is 0.533. The second-order valence-electron chi connectivity index (χ2n) is 5.59. The molecular formula is C15H21N2O6+. The fourth-order valence-electron chi connectivity index (χ4n) is 2.35. The summed E-state index contributed by atoms with van der Waals surface area (Å²) in [4.78, 5) is 24.3. The molecule has 4 atom stereocenters. The van der Waals surface area contributed by atoms with E-state index in [0.29, 0.717) is 5.56 Å². The van der Waals surface area contributed by atoms with Crippen LogP contribution in [0.15, 0.2) is 24.5 Å². The molecule has 0 aliphatic carbocycles. The van der Waals surface area contributed by atoms with Gasteiger partial charge in [0.15, 0.2) is 18.5 Å². The van der Waals surface area contributed by atoms with Crippen LogP contribution in [0.1, 0.15) is 23.5 Å². The van der Waals surface area contributed by atoms with Gasteiger partial charge in [-0.05, 0) is 6.07 Å². The van der Waals surface area contributed by atoms with Crippen LogP contribution in [0.25, 0.3) is 0 Å². The van der Waals surface area contributed by atoms with Crippen molar-refractivity contribution in [3.05, 3.63) is 30.1 Å². The Kier molecular flexibility index (Phi) is 5.30. The van der Waals surface area contributed by atoms with E-state index in [1.807, 2.05) is 0 Å². The Morgan fingerprint density at radius 3 is 2.65 bits per heavy atom. The van der Waals surface area contributed by atoms with E-state index < -0.39 is 30.5 Å². The highest BCUT2D eigenvalue weighted by Gasteiger charge is 2.48. The highest BCUT2D eigenvalue weighted by atomic mass is 16.6. The van der Waals surface area contributed by atoms with Crippen molar-refractivity contribution in [3.8, 4) is 0 Å². The molecule has 126 valence electrons. The smallest absolute Gasteiger partial charge is 0.302 e. The van der Waals surface area contributed by atoms with E-state index in [-0.39, 0.29) is 12.5 Å². The number of hydrogen-bond acceptors (Lipinski definition) is 6. The maximum absolute atomic E-state index is 12.0. The molecule has 8 nitrogen and oxygen atoms in total. The molecule has 1 aliphatic heterocycles. The number of aliphatic hydroxyl groups excluding tert-OH is 2. The highest BCUT2D eigenvalue weighted by Crippen LogP contribution is 2.25. The van der Waals surface area contributed by atoms with Crippen LogP contribution >= 0.6 is 0 Å². The van der Waals surface area contributed by atoms with Gasteiger partial charge in [-0.25, -0.2) is 0 Å². The summed E-state index contributed by atoms with van der Waals surface area (Å²) in [6, 6.07) is 3.30. The lowest BCUT2D eigenvalue weighted by Gasteiger charge is -2.12. The number of aromatic nitrogens is 1. The van der Waals surface area contributed by atoms with E-state index in [1.165, 1.54) is 22.6 Å². The maximum Gasteiger partial charge on any atom is 0.302 e. The van der Waals surface area contributed by atoms with Crippen LogP contribution in [0, 0.1) is 0 Å². The molecule has 2 N–H and O–H groups in total. The normalized spacial score (nSPS) is 26.8. The zero-order valence-corrected chi connectivity index (χ0v) is 13.2. The summed E-state index contributed by atoms with van der Waals surface area (Å²) in [6.45, 7) is 1.10. The number of hydrogen-bond donors (Lipinski definition) is 2. The molecule has 0 spiro atoms. The Morgan fingerprint density at radius 1 is 1.35 bits per heavy atom. The van der Waals surface area contributed by atoms with Crippen molar-refractivity contribution in [1.82, 2.24) is 4.90 Å². The van der Waals surface area contributed by atoms with Crippen LogP contribution in [0.3, 0.4) is 0 Å². The number of pyridine rings is 1. The Hall–Kier alpha value is -2.03. The molecule has 0 bridgehead atoms. The summed E-state index contributed by atoms with van der Waals surface area (Å²) < 4.78 is 11.9. The number of rotatable bonds is 4. The number of nitrogens with zero attached hydrogens (tertiary/aromatic N) is 2. The Labute approximate surface area is 133 Å². The lowest BCUT2D eigenvalue weighted by Crippen LogP contribution is -2.46. The number of ether oxygens (including phenoxy) is 2. The van der Waals surface area contributed by atoms with E-state index in [9.17, 15) is 19.8 Å². The molecule has 2 rings (SSSR count). The van der Waals surface area contributed by atoms with E-state index in [1.54, 1.807) is 32.4 Å². The van der Waals surface area contributed by atoms with Gasteiger partial charge in [0, 0.05) is 27.1 Å². The van der Waals surface area contributed by atoms with Crippen molar-refractivity contribution in [2.24, 2.45) is 0 Å². The van der Waals surface area contributed by atoms with E-state index >= 15 is 0 Å². The summed E-state index contributed by atoms with van der Waals surface area (Å²) in [7, 11) is 3.28. The third-order valence-electron chi connectivity index (χ3n) is 3.56. The maximum atomic E-state index is 12.0. The average Bonchev–Trinajstić information content (AvgIpc) is 2.80. The molecule has 0 aromatic carbocycles. The Bertz CT molecular complexity index is 591. The first-order valence-electron chi connectivity index (χ1n) is 7.18. The van der Waals surface area contributed by atoms with Crippen molar-refractivity contribution < 1.29 is 33.8 Å². The lowest BCUT2D eigenvalue weighted by molar-refractivity contribution is -0.765. The summed E-state index contributed by atoms with van der Waals surface area (Å²) in [6.07, 6.45) is -0.941. The summed E-state index contributed by atoms with van der Waals surface area (Å²) in [5, 5.41) is 20.2. The zero-order chi connectivity index (χ0) is 17.1. The van der Waals surface area contributed by atoms with Gasteiger partial charge in [-0.3, -0.25) is 9.59 Å². The average molecular weight is 325 g/mol. The molecule has 8 heteroatoms. The molecule has 1 aromatic heterocycles. The standard InChI is InChI=1S/C15H21N2O6/c1-9(18)22-8-11-12(19)13(20)15(23-11)17-6-4-5-10(7-17)14(21)16(2)3/h4-7,11-13,15,19-20H,8H2,1-3H3/q+1/t11-,12-,13-,15-/m1/s1. The van der Waals surface area contributed by atoms with Crippen molar-refractivity contribution in [2.75, 3.05) is 20.7 Å². The third-order valence-corrected chi connectivity index (χ3v) is 3.56. The predicted molar refractivity (Wildman–Crippen MR) is 77.2 cm³/mol. The quantitative estimate of drug-likeness (QED) is 0.536. The van der Waals surface area contributed by atoms with Gasteiger partial charge >= 0.3 is 5.97 Å². The van der Waals surface area contributed by atoms with Crippen LogP contribution in [0.4, 0.5) is 0 Å². The molecule has 23 heavy (non-hydrogen) atoms. The van der Waals surface area contributed by atoms with Crippen LogP contribution in [0.5, 0.6) is 0 Å². The molecule has 0 radical (unpaired) electrons. The Morgan fingerprint density at radius 2 is 2.04 bits per heavy atom. The number of aliphatic hydroxyl groups is 2. The number of esters is 1. The van der Waals surface area contributed by atoms with Crippen molar-refractivity contribution in [2.45, 2.75) is 31.5 Å². The van der Waals surface area contributed by atoms with Gasteiger partial charge in [0.05, 0.1) is 0 Å². The first-order chi connectivity index (χ1) is 10.8. The zero-order valence-electron chi connectivity index (χ0n) is 13.2. The molecule has 0 unspecified atom stereocenters. The minimum Gasteiger partial charge on any atom is -0.463 e. The van der Waals surface area contributed by atoms with Crippen molar-refractivity contribution in [1.29, 1.82) is 0 Å². The van der Waals surface area contributed by atoms with Gasteiger partial charge in [-0.1, -0.05) is 0 Å². The van der Waals surface area contributed by atoms with Gasteiger partial charge in [0.2, 0.25) is 0 Å². The number of carbonyl (C=O) groups is 2. The Balaban J connectivity index is 2.17. The van der Waals surface area contributed by atoms with Gasteiger partial charge in [0.25, 0.3) is 12.1 Å². The molecule has 1 amide bonds. The second-order valence-corrected chi connectivity index (χ2v) is 5.59. The van der Waals surface area contributed by atoms with Crippen molar-refractivity contribution >= 4 is 11.9 Å².